The molecule has 0 bridgehead atoms. The van der Waals surface area contributed by atoms with E-state index in [-0.39, 0.29) is 34.0 Å². The highest BCUT2D eigenvalue weighted by molar-refractivity contribution is 6.12. The fraction of sp³-hybridized carbons (Fsp3) is 0.0625. The second-order valence-electron chi connectivity index (χ2n) is 5.45. The first-order chi connectivity index (χ1) is 14.2. The van der Waals surface area contributed by atoms with Crippen LogP contribution in [0.15, 0.2) is 37.3 Å². The molecule has 4 aromatic rings. The highest BCUT2D eigenvalue weighted by atomic mass is 19.1. The number of amides is 1. The van der Waals surface area contributed by atoms with E-state index in [0.29, 0.717) is 0 Å². The maximum absolute atomic E-state index is 14.6. The fourth-order valence-electron chi connectivity index (χ4n) is 2.60. The van der Waals surface area contributed by atoms with E-state index in [1.807, 2.05) is 0 Å². The number of anilines is 2. The number of nitrogen functional groups attached to an aromatic ring is 1. The molecular weight excluding hydrogens is 358 g/mol. The molecule has 1 amide bonds. The van der Waals surface area contributed by atoms with Crippen molar-refractivity contribution in [3.63, 3.8) is 0 Å². The topological polar surface area (TPSA) is 116 Å². The van der Waals surface area contributed by atoms with Crippen molar-refractivity contribution >= 4 is 23.1 Å². The van der Waals surface area contributed by atoms with Crippen LogP contribution in [0.1, 0.15) is 14.5 Å². The Balaban J connectivity index is 1.79. The van der Waals surface area contributed by atoms with Gasteiger partial charge < -0.3 is 15.6 Å². The van der Waals surface area contributed by atoms with Crippen molar-refractivity contribution in [1.82, 2.24) is 29.1 Å². The minimum absolute atomic E-state index is 0.0233. The molecule has 4 heterocycles. The molecule has 0 unspecified atom stereocenters. The van der Waals surface area contributed by atoms with E-state index in [4.69, 9.17) is 9.85 Å². The molecule has 0 aliphatic rings. The highest BCUT2D eigenvalue weighted by Gasteiger charge is 2.22. The average molecular weight is 373 g/mol. The lowest BCUT2D eigenvalue weighted by atomic mass is 10.1. The van der Waals surface area contributed by atoms with Crippen LogP contribution in [0, 0.1) is 11.6 Å². The predicted octanol–water partition coefficient (Wildman–Crippen LogP) is 1.64. The third kappa shape index (κ3) is 2.74. The third-order valence-electron chi connectivity index (χ3n) is 3.74. The zero-order chi connectivity index (χ0) is 21.6. The number of nitrogens with one attached hydrogen (secondary N) is 1. The number of rotatable bonds is 3. The second-order valence-corrected chi connectivity index (χ2v) is 5.45. The van der Waals surface area contributed by atoms with Gasteiger partial charge in [0.05, 0.1) is 54.3 Å². The molecule has 3 N–H and O–H groups in total. The molecule has 9 nitrogen and oxygen atoms in total. The van der Waals surface area contributed by atoms with Gasteiger partial charge in [-0.25, -0.2) is 23.3 Å². The van der Waals surface area contributed by atoms with Crippen LogP contribution in [-0.4, -0.2) is 35.0 Å². The summed E-state index contributed by atoms with van der Waals surface area (Å²) in [6.07, 6.45) is 6.05. The van der Waals surface area contributed by atoms with E-state index in [2.05, 4.69) is 25.4 Å². The highest BCUT2D eigenvalue weighted by Crippen LogP contribution is 2.30. The van der Waals surface area contributed by atoms with E-state index in [1.165, 1.54) is 0 Å². The van der Waals surface area contributed by atoms with Gasteiger partial charge in [-0.15, -0.1) is 5.10 Å². The van der Waals surface area contributed by atoms with Crippen molar-refractivity contribution in [2.45, 2.75) is 0 Å². The number of aromatic nitrogens is 6. The van der Waals surface area contributed by atoms with E-state index in [1.54, 1.807) is 0 Å². The molecule has 136 valence electrons. The van der Waals surface area contributed by atoms with Crippen molar-refractivity contribution < 1.29 is 17.7 Å². The Morgan fingerprint density at radius 3 is 2.93 bits per heavy atom. The number of imidazole rings is 1. The Morgan fingerprint density at radius 1 is 1.26 bits per heavy atom. The Morgan fingerprint density at radius 2 is 2.11 bits per heavy atom. The summed E-state index contributed by atoms with van der Waals surface area (Å²) in [6, 6.07) is 0. The van der Waals surface area contributed by atoms with Crippen molar-refractivity contribution in [1.29, 1.82) is 0 Å². The van der Waals surface area contributed by atoms with Gasteiger partial charge in [-0.3, -0.25) is 9.78 Å². The van der Waals surface area contributed by atoms with Crippen LogP contribution in [0.25, 0.3) is 16.9 Å². The molecule has 0 aliphatic carbocycles. The number of hydrogen-bond acceptors (Lipinski definition) is 6. The van der Waals surface area contributed by atoms with Crippen molar-refractivity contribution in [3.8, 4) is 11.3 Å². The maximum atomic E-state index is 14.6. The van der Waals surface area contributed by atoms with E-state index >= 15 is 0 Å². The first-order valence-corrected chi connectivity index (χ1v) is 7.44. The molecule has 0 fully saturated rings. The number of carbonyl (C=O) groups excluding carboxylic acids is 1. The van der Waals surface area contributed by atoms with E-state index < -0.39 is 24.5 Å². The minimum atomic E-state index is -2.64. The summed E-state index contributed by atoms with van der Waals surface area (Å²) in [5.41, 5.74) is 5.11. The second kappa shape index (κ2) is 6.12. The lowest BCUT2D eigenvalue weighted by Crippen LogP contribution is -2.15. The molecule has 4 rings (SSSR count). The van der Waals surface area contributed by atoms with Crippen LogP contribution in [0.4, 0.5) is 20.3 Å². The third-order valence-corrected chi connectivity index (χ3v) is 3.74. The number of aryl methyl sites for hydroxylation is 1. The number of fused-ring (bicyclic) bond motifs is 1. The molecule has 4 aromatic heterocycles. The van der Waals surface area contributed by atoms with Gasteiger partial charge in [0.15, 0.2) is 23.1 Å². The quantitative estimate of drug-likeness (QED) is 0.564. The van der Waals surface area contributed by atoms with Crippen LogP contribution in [-0.2, 0) is 6.98 Å². The van der Waals surface area contributed by atoms with Gasteiger partial charge in [-0.2, -0.15) is 0 Å². The summed E-state index contributed by atoms with van der Waals surface area (Å²) in [6.45, 7) is -2.64. The van der Waals surface area contributed by atoms with Gasteiger partial charge in [0.25, 0.3) is 5.91 Å². The van der Waals surface area contributed by atoms with Gasteiger partial charge in [-0.1, -0.05) is 0 Å². The van der Waals surface area contributed by atoms with Gasteiger partial charge in [-0.05, 0) is 0 Å². The molecule has 11 heteroatoms. The van der Waals surface area contributed by atoms with E-state index in [9.17, 15) is 13.6 Å². The molecule has 0 spiro atoms. The van der Waals surface area contributed by atoms with Crippen molar-refractivity contribution in [2.24, 2.45) is 6.98 Å². The number of halogens is 2. The lowest BCUT2D eigenvalue weighted by Gasteiger charge is -2.11. The number of hydrogen-bond donors (Lipinski definition) is 2. The normalized spacial score (nSPS) is 13.2. The molecule has 0 saturated carbocycles. The molecule has 0 saturated heterocycles. The average Bonchev–Trinajstić information content (AvgIpc) is 3.25. The van der Waals surface area contributed by atoms with Crippen LogP contribution < -0.4 is 11.1 Å². The zero-order valence-corrected chi connectivity index (χ0v) is 13.4. The van der Waals surface area contributed by atoms with Gasteiger partial charge in [0.2, 0.25) is 0 Å². The SMILES string of the molecule is [2H]C([2H])([2H])n1cncc1-c1c(F)cncc1NC(=O)c1c(N)nn2cc(F)cnc12. The molecule has 0 radical (unpaired) electrons. The summed E-state index contributed by atoms with van der Waals surface area (Å²) < 4.78 is 52.5. The monoisotopic (exact) mass is 373 g/mol. The molecular formula is C16H12F2N8O. The fourth-order valence-corrected chi connectivity index (χ4v) is 2.60. The lowest BCUT2D eigenvalue weighted by molar-refractivity contribution is 0.102. The van der Waals surface area contributed by atoms with Crippen LogP contribution in [0.2, 0.25) is 0 Å². The number of nitrogens with two attached hydrogens (primary N) is 1. The first kappa shape index (κ1) is 13.3. The van der Waals surface area contributed by atoms with Crippen molar-refractivity contribution in [2.75, 3.05) is 11.1 Å². The molecule has 0 aromatic carbocycles. The summed E-state index contributed by atoms with van der Waals surface area (Å²) in [5.74, 6) is -2.63. The molecule has 0 atom stereocenters. The largest absolute Gasteiger partial charge is 0.381 e. The maximum Gasteiger partial charge on any atom is 0.263 e. The summed E-state index contributed by atoms with van der Waals surface area (Å²) in [4.78, 5) is 24.1. The number of pyridine rings is 1. The van der Waals surface area contributed by atoms with Gasteiger partial charge in [0, 0.05) is 11.1 Å². The van der Waals surface area contributed by atoms with Crippen LogP contribution in [0.3, 0.4) is 0 Å². The number of carbonyl (C=O) groups is 1. The van der Waals surface area contributed by atoms with Gasteiger partial charge in [0.1, 0.15) is 5.56 Å². The molecule has 27 heavy (non-hydrogen) atoms. The smallest absolute Gasteiger partial charge is 0.263 e. The summed E-state index contributed by atoms with van der Waals surface area (Å²) in [7, 11) is 0. The predicted molar refractivity (Wildman–Crippen MR) is 91.7 cm³/mol. The number of nitrogens with zero attached hydrogens (tertiary/aromatic N) is 6. The Hall–Kier alpha value is -3.89. The molecule has 0 aliphatic heterocycles. The first-order valence-electron chi connectivity index (χ1n) is 8.94. The Labute approximate surface area is 154 Å². The van der Waals surface area contributed by atoms with Crippen molar-refractivity contribution in [3.05, 3.63) is 54.5 Å². The minimum Gasteiger partial charge on any atom is -0.381 e. The van der Waals surface area contributed by atoms with Gasteiger partial charge >= 0.3 is 0 Å². The summed E-state index contributed by atoms with van der Waals surface area (Å²) >= 11 is 0. The Bertz CT molecular complexity index is 1280. The van der Waals surface area contributed by atoms with Crippen LogP contribution in [0.5, 0.6) is 0 Å². The zero-order valence-electron chi connectivity index (χ0n) is 16.4. The van der Waals surface area contributed by atoms with Crippen LogP contribution >= 0.6 is 0 Å². The summed E-state index contributed by atoms with van der Waals surface area (Å²) in [5, 5.41) is 6.26. The standard InChI is InChI=1S/C16H12F2N8O/c1-25-7-21-5-11(25)12-9(18)3-20-4-10(12)23-16(27)13-14(19)24-26-6-8(17)2-22-15(13)26/h2-7H,1H3,(H2,19,24)(H,23,27)/i1D3. The van der Waals surface area contributed by atoms with E-state index in [0.717, 1.165) is 46.4 Å². The Kier molecular flexibility index (Phi) is 3.02.